The number of nitrogens with zero attached hydrogens (tertiary/aromatic N) is 2. The topological polar surface area (TPSA) is 67.5 Å². The van der Waals surface area contributed by atoms with Gasteiger partial charge in [-0.3, -0.25) is 0 Å². The number of benzene rings is 1. The molecule has 1 aromatic rings. The van der Waals surface area contributed by atoms with Gasteiger partial charge < -0.3 is 15.1 Å². The summed E-state index contributed by atoms with van der Waals surface area (Å²) in [6, 6.07) is 7.48. The molecule has 0 saturated carbocycles. The van der Waals surface area contributed by atoms with Crippen molar-refractivity contribution in [3.05, 3.63) is 29.3 Å². The van der Waals surface area contributed by atoms with Crippen molar-refractivity contribution in [3.8, 4) is 6.07 Å². The largest absolute Gasteiger partial charge is 0.392 e. The molecule has 17 heavy (non-hydrogen) atoms. The predicted molar refractivity (Wildman–Crippen MR) is 64.5 cm³/mol. The van der Waals surface area contributed by atoms with Gasteiger partial charge in [-0.15, -0.1) is 0 Å². The van der Waals surface area contributed by atoms with E-state index in [4.69, 9.17) is 10.4 Å². The molecule has 1 aromatic carbocycles. The van der Waals surface area contributed by atoms with Crippen LogP contribution in [0.1, 0.15) is 24.5 Å². The van der Waals surface area contributed by atoms with Crippen LogP contribution in [-0.2, 0) is 6.61 Å². The molecular formula is C13H16N2O2. The van der Waals surface area contributed by atoms with E-state index in [0.717, 1.165) is 17.8 Å². The summed E-state index contributed by atoms with van der Waals surface area (Å²) in [5, 5.41) is 28.1. The van der Waals surface area contributed by atoms with Gasteiger partial charge in [-0.2, -0.15) is 5.26 Å². The van der Waals surface area contributed by atoms with E-state index in [0.29, 0.717) is 18.5 Å². The SMILES string of the molecule is CC1(O)CCN(c2ccc(CO)cc2C#N)C1. The molecule has 0 bridgehead atoms. The number of hydrogen-bond donors (Lipinski definition) is 2. The lowest BCUT2D eigenvalue weighted by Gasteiger charge is -2.22. The highest BCUT2D eigenvalue weighted by Gasteiger charge is 2.32. The van der Waals surface area contributed by atoms with Crippen LogP contribution in [-0.4, -0.2) is 28.9 Å². The van der Waals surface area contributed by atoms with Crippen LogP contribution < -0.4 is 4.90 Å². The summed E-state index contributed by atoms with van der Waals surface area (Å²) in [5.41, 5.74) is 1.44. The summed E-state index contributed by atoms with van der Waals surface area (Å²) in [7, 11) is 0. The van der Waals surface area contributed by atoms with Gasteiger partial charge in [0, 0.05) is 13.1 Å². The predicted octanol–water partition coefficient (Wildman–Crippen LogP) is 1.01. The first kappa shape index (κ1) is 11.9. The van der Waals surface area contributed by atoms with Crippen LogP contribution in [0.4, 0.5) is 5.69 Å². The Morgan fingerprint density at radius 1 is 1.53 bits per heavy atom. The van der Waals surface area contributed by atoms with E-state index in [1.54, 1.807) is 13.0 Å². The molecule has 0 radical (unpaired) electrons. The first-order chi connectivity index (χ1) is 8.05. The van der Waals surface area contributed by atoms with Crippen LogP contribution in [0.15, 0.2) is 18.2 Å². The smallest absolute Gasteiger partial charge is 0.101 e. The van der Waals surface area contributed by atoms with Crippen molar-refractivity contribution in [1.29, 1.82) is 5.26 Å². The zero-order chi connectivity index (χ0) is 12.5. The number of rotatable bonds is 2. The fourth-order valence-corrected chi connectivity index (χ4v) is 2.20. The quantitative estimate of drug-likeness (QED) is 0.798. The lowest BCUT2D eigenvalue weighted by Crippen LogP contribution is -2.29. The van der Waals surface area contributed by atoms with Crippen molar-refractivity contribution in [2.75, 3.05) is 18.0 Å². The molecule has 1 aliphatic rings. The van der Waals surface area contributed by atoms with Gasteiger partial charge in [-0.25, -0.2) is 0 Å². The Kier molecular flexibility index (Phi) is 3.05. The van der Waals surface area contributed by atoms with Crippen LogP contribution in [0.3, 0.4) is 0 Å². The molecule has 0 spiro atoms. The summed E-state index contributed by atoms with van der Waals surface area (Å²) >= 11 is 0. The van der Waals surface area contributed by atoms with E-state index in [9.17, 15) is 5.11 Å². The van der Waals surface area contributed by atoms with Crippen LogP contribution in [0.5, 0.6) is 0 Å². The van der Waals surface area contributed by atoms with E-state index < -0.39 is 5.60 Å². The minimum atomic E-state index is -0.678. The van der Waals surface area contributed by atoms with Crippen molar-refractivity contribution in [3.63, 3.8) is 0 Å². The third kappa shape index (κ3) is 2.41. The molecule has 0 aliphatic carbocycles. The van der Waals surface area contributed by atoms with Gasteiger partial charge in [0.25, 0.3) is 0 Å². The average molecular weight is 232 g/mol. The number of aliphatic hydroxyl groups is 2. The summed E-state index contributed by atoms with van der Waals surface area (Å²) in [5.74, 6) is 0. The number of hydrogen-bond acceptors (Lipinski definition) is 4. The molecule has 4 heteroatoms. The van der Waals surface area contributed by atoms with Gasteiger partial charge in [-0.05, 0) is 31.0 Å². The minimum absolute atomic E-state index is 0.0628. The molecule has 2 N–H and O–H groups in total. The Hall–Kier alpha value is -1.57. The molecule has 0 aromatic heterocycles. The number of β-amino-alcohol motifs (C(OH)–C–C–N with tert-alkyl or cyclic N) is 1. The highest BCUT2D eigenvalue weighted by atomic mass is 16.3. The number of anilines is 1. The Bertz CT molecular complexity index is 463. The first-order valence-electron chi connectivity index (χ1n) is 5.67. The van der Waals surface area contributed by atoms with Gasteiger partial charge in [0.05, 0.1) is 23.5 Å². The van der Waals surface area contributed by atoms with E-state index in [1.165, 1.54) is 0 Å². The fraction of sp³-hybridized carbons (Fsp3) is 0.462. The molecule has 1 aliphatic heterocycles. The van der Waals surface area contributed by atoms with Crippen LogP contribution in [0.2, 0.25) is 0 Å². The summed E-state index contributed by atoms with van der Waals surface area (Å²) in [6.07, 6.45) is 0.708. The second kappa shape index (κ2) is 4.36. The van der Waals surface area contributed by atoms with Gasteiger partial charge in [0.2, 0.25) is 0 Å². The molecule has 0 amide bonds. The monoisotopic (exact) mass is 232 g/mol. The van der Waals surface area contributed by atoms with E-state index in [1.807, 2.05) is 17.0 Å². The Balaban J connectivity index is 2.31. The summed E-state index contributed by atoms with van der Waals surface area (Å²) in [4.78, 5) is 2.01. The number of aliphatic hydroxyl groups excluding tert-OH is 1. The maximum Gasteiger partial charge on any atom is 0.101 e. The van der Waals surface area contributed by atoms with E-state index in [2.05, 4.69) is 6.07 Å². The van der Waals surface area contributed by atoms with Crippen LogP contribution >= 0.6 is 0 Å². The summed E-state index contributed by atoms with van der Waals surface area (Å²) in [6.45, 7) is 3.04. The summed E-state index contributed by atoms with van der Waals surface area (Å²) < 4.78 is 0. The van der Waals surface area contributed by atoms with Crippen molar-refractivity contribution >= 4 is 5.69 Å². The van der Waals surface area contributed by atoms with Crippen molar-refractivity contribution in [2.24, 2.45) is 0 Å². The molecule has 1 atom stereocenters. The molecule has 2 rings (SSSR count). The van der Waals surface area contributed by atoms with Gasteiger partial charge in [-0.1, -0.05) is 6.07 Å². The Morgan fingerprint density at radius 3 is 2.82 bits per heavy atom. The molecule has 1 saturated heterocycles. The van der Waals surface area contributed by atoms with Crippen molar-refractivity contribution in [1.82, 2.24) is 0 Å². The first-order valence-corrected chi connectivity index (χ1v) is 5.67. The van der Waals surface area contributed by atoms with Gasteiger partial charge in [0.1, 0.15) is 6.07 Å². The second-order valence-electron chi connectivity index (χ2n) is 4.79. The molecule has 1 fully saturated rings. The van der Waals surface area contributed by atoms with Crippen molar-refractivity contribution < 1.29 is 10.2 Å². The minimum Gasteiger partial charge on any atom is -0.392 e. The maximum atomic E-state index is 9.93. The van der Waals surface area contributed by atoms with Crippen LogP contribution in [0.25, 0.3) is 0 Å². The maximum absolute atomic E-state index is 9.93. The zero-order valence-electron chi connectivity index (χ0n) is 9.85. The molecule has 1 heterocycles. The fourth-order valence-electron chi connectivity index (χ4n) is 2.20. The highest BCUT2D eigenvalue weighted by Crippen LogP contribution is 2.29. The van der Waals surface area contributed by atoms with Crippen LogP contribution in [0, 0.1) is 11.3 Å². The van der Waals surface area contributed by atoms with E-state index >= 15 is 0 Å². The van der Waals surface area contributed by atoms with Gasteiger partial charge >= 0.3 is 0 Å². The molecular weight excluding hydrogens is 216 g/mol. The standard InChI is InChI=1S/C13H16N2O2/c1-13(17)4-5-15(9-13)12-3-2-10(8-16)6-11(12)7-14/h2-3,6,16-17H,4-5,8-9H2,1H3. The lowest BCUT2D eigenvalue weighted by atomic mass is 10.1. The second-order valence-corrected chi connectivity index (χ2v) is 4.79. The third-order valence-corrected chi connectivity index (χ3v) is 3.16. The Labute approximate surface area is 101 Å². The zero-order valence-corrected chi connectivity index (χ0v) is 9.85. The highest BCUT2D eigenvalue weighted by molar-refractivity contribution is 5.61. The van der Waals surface area contributed by atoms with Gasteiger partial charge in [0.15, 0.2) is 0 Å². The number of nitriles is 1. The lowest BCUT2D eigenvalue weighted by molar-refractivity contribution is 0.0839. The normalized spacial score (nSPS) is 23.8. The molecule has 1 unspecified atom stereocenters. The van der Waals surface area contributed by atoms with Crippen molar-refractivity contribution in [2.45, 2.75) is 25.6 Å². The average Bonchev–Trinajstić information content (AvgIpc) is 2.68. The Morgan fingerprint density at radius 2 is 2.29 bits per heavy atom. The third-order valence-electron chi connectivity index (χ3n) is 3.16. The molecule has 90 valence electrons. The van der Waals surface area contributed by atoms with E-state index in [-0.39, 0.29) is 6.61 Å². The molecule has 4 nitrogen and oxygen atoms in total.